The second-order valence-electron chi connectivity index (χ2n) is 6.52. The molecule has 0 spiro atoms. The van der Waals surface area contributed by atoms with E-state index in [9.17, 15) is 5.11 Å². The first-order valence-electron chi connectivity index (χ1n) is 6.41. The van der Waals surface area contributed by atoms with Crippen molar-refractivity contribution in [2.45, 2.75) is 45.6 Å². The minimum atomic E-state index is -0.836. The lowest BCUT2D eigenvalue weighted by Gasteiger charge is -2.49. The van der Waals surface area contributed by atoms with Crippen LogP contribution in [0.3, 0.4) is 0 Å². The Kier molecular flexibility index (Phi) is 2.02. The van der Waals surface area contributed by atoms with Crippen LogP contribution in [0.2, 0.25) is 0 Å². The molecule has 1 heterocycles. The molecule has 3 nitrogen and oxygen atoms in total. The molecule has 2 aliphatic carbocycles. The van der Waals surface area contributed by atoms with Gasteiger partial charge in [0.1, 0.15) is 5.60 Å². The van der Waals surface area contributed by atoms with Gasteiger partial charge in [0.15, 0.2) is 0 Å². The fraction of sp³-hybridized carbons (Fsp3) is 0.714. The van der Waals surface area contributed by atoms with Crippen LogP contribution in [0.4, 0.5) is 0 Å². The molecule has 0 radical (unpaired) electrons. The van der Waals surface area contributed by atoms with Crippen LogP contribution >= 0.6 is 0 Å². The molecule has 0 amide bonds. The summed E-state index contributed by atoms with van der Waals surface area (Å²) in [5.74, 6) is 0.597. The van der Waals surface area contributed by atoms with Crippen molar-refractivity contribution in [3.63, 3.8) is 0 Å². The number of aliphatic hydroxyl groups is 1. The van der Waals surface area contributed by atoms with E-state index < -0.39 is 5.60 Å². The van der Waals surface area contributed by atoms with Crippen LogP contribution < -0.4 is 0 Å². The molecule has 92 valence electrons. The second kappa shape index (κ2) is 3.08. The standard InChI is InChI=1S/C14H20N2O/c1-12(2)10-4-5-13(3,8-10)14(12,17)11-9-15-6-7-16-11/h6-7,9-10,17H,4-5,8H2,1-3H3. The lowest BCUT2D eigenvalue weighted by Crippen LogP contribution is -2.51. The third-order valence-electron chi connectivity index (χ3n) is 5.50. The molecule has 0 aliphatic heterocycles. The Hall–Kier alpha value is -0.960. The van der Waals surface area contributed by atoms with Crippen molar-refractivity contribution in [3.8, 4) is 0 Å². The van der Waals surface area contributed by atoms with Crippen molar-refractivity contribution in [1.29, 1.82) is 0 Å². The largest absolute Gasteiger partial charge is 0.382 e. The normalized spacial score (nSPS) is 42.9. The molecule has 0 aromatic carbocycles. The molecular weight excluding hydrogens is 212 g/mol. The van der Waals surface area contributed by atoms with E-state index in [1.807, 2.05) is 0 Å². The van der Waals surface area contributed by atoms with E-state index in [4.69, 9.17) is 0 Å². The monoisotopic (exact) mass is 232 g/mol. The molecule has 0 saturated heterocycles. The first-order chi connectivity index (χ1) is 7.92. The van der Waals surface area contributed by atoms with Crippen LogP contribution in [0.5, 0.6) is 0 Å². The summed E-state index contributed by atoms with van der Waals surface area (Å²) in [5, 5.41) is 11.3. The highest BCUT2D eigenvalue weighted by atomic mass is 16.3. The van der Waals surface area contributed by atoms with E-state index in [-0.39, 0.29) is 10.8 Å². The van der Waals surface area contributed by atoms with Gasteiger partial charge in [0, 0.05) is 23.2 Å². The number of fused-ring (bicyclic) bond motifs is 2. The highest BCUT2D eigenvalue weighted by Gasteiger charge is 2.69. The summed E-state index contributed by atoms with van der Waals surface area (Å²) >= 11 is 0. The summed E-state index contributed by atoms with van der Waals surface area (Å²) in [6.45, 7) is 6.56. The quantitative estimate of drug-likeness (QED) is 0.809. The maximum atomic E-state index is 11.3. The molecule has 3 heteroatoms. The van der Waals surface area contributed by atoms with Gasteiger partial charge in [-0.2, -0.15) is 0 Å². The maximum absolute atomic E-state index is 11.3. The Balaban J connectivity index is 2.18. The van der Waals surface area contributed by atoms with E-state index in [0.717, 1.165) is 18.5 Å². The first-order valence-corrected chi connectivity index (χ1v) is 6.41. The maximum Gasteiger partial charge on any atom is 0.119 e. The molecule has 2 saturated carbocycles. The van der Waals surface area contributed by atoms with Gasteiger partial charge in [-0.1, -0.05) is 20.8 Å². The molecule has 2 bridgehead atoms. The number of hydrogen-bond donors (Lipinski definition) is 1. The summed E-state index contributed by atoms with van der Waals surface area (Å²) in [5.41, 5.74) is -0.251. The van der Waals surface area contributed by atoms with Gasteiger partial charge in [-0.15, -0.1) is 0 Å². The molecule has 1 aromatic heterocycles. The Bertz CT molecular complexity index is 438. The molecule has 1 aromatic rings. The average Bonchev–Trinajstić information content (AvgIpc) is 2.78. The fourth-order valence-corrected chi connectivity index (χ4v) is 4.38. The van der Waals surface area contributed by atoms with Crippen LogP contribution in [0.15, 0.2) is 18.6 Å². The van der Waals surface area contributed by atoms with Gasteiger partial charge >= 0.3 is 0 Å². The van der Waals surface area contributed by atoms with Gasteiger partial charge in [0.05, 0.1) is 11.9 Å². The van der Waals surface area contributed by atoms with Gasteiger partial charge < -0.3 is 5.11 Å². The predicted molar refractivity (Wildman–Crippen MR) is 65.2 cm³/mol. The summed E-state index contributed by atoms with van der Waals surface area (Å²) < 4.78 is 0. The summed E-state index contributed by atoms with van der Waals surface area (Å²) in [6.07, 6.45) is 8.50. The third kappa shape index (κ3) is 1.11. The predicted octanol–water partition coefficient (Wildman–Crippen LogP) is 2.51. The molecule has 1 N–H and O–H groups in total. The van der Waals surface area contributed by atoms with Crippen molar-refractivity contribution >= 4 is 0 Å². The molecular formula is C14H20N2O. The van der Waals surface area contributed by atoms with Crippen LogP contribution in [-0.4, -0.2) is 15.1 Å². The van der Waals surface area contributed by atoms with Gasteiger partial charge in [-0.25, -0.2) is 0 Å². The van der Waals surface area contributed by atoms with Crippen molar-refractivity contribution in [2.75, 3.05) is 0 Å². The Morgan fingerprint density at radius 3 is 2.59 bits per heavy atom. The minimum absolute atomic E-state index is 0.0444. The summed E-state index contributed by atoms with van der Waals surface area (Å²) in [6, 6.07) is 0. The van der Waals surface area contributed by atoms with E-state index in [2.05, 4.69) is 30.7 Å². The van der Waals surface area contributed by atoms with Crippen molar-refractivity contribution in [3.05, 3.63) is 24.3 Å². The van der Waals surface area contributed by atoms with Gasteiger partial charge in [-0.3, -0.25) is 9.97 Å². The van der Waals surface area contributed by atoms with Crippen LogP contribution in [0.25, 0.3) is 0 Å². The van der Waals surface area contributed by atoms with Gasteiger partial charge in [0.25, 0.3) is 0 Å². The average molecular weight is 232 g/mol. The lowest BCUT2D eigenvalue weighted by atomic mass is 9.59. The van der Waals surface area contributed by atoms with Gasteiger partial charge in [0.2, 0.25) is 0 Å². The highest BCUT2D eigenvalue weighted by Crippen LogP contribution is 2.71. The fourth-order valence-electron chi connectivity index (χ4n) is 4.38. The molecule has 3 rings (SSSR count). The van der Waals surface area contributed by atoms with Crippen LogP contribution in [0, 0.1) is 16.7 Å². The van der Waals surface area contributed by atoms with Crippen molar-refractivity contribution in [2.24, 2.45) is 16.7 Å². The van der Waals surface area contributed by atoms with Crippen LogP contribution in [0.1, 0.15) is 45.7 Å². The Labute approximate surface area is 102 Å². The lowest BCUT2D eigenvalue weighted by molar-refractivity contribution is -0.153. The van der Waals surface area contributed by atoms with E-state index in [0.29, 0.717) is 5.92 Å². The van der Waals surface area contributed by atoms with Gasteiger partial charge in [-0.05, 0) is 25.2 Å². The number of nitrogens with zero attached hydrogens (tertiary/aromatic N) is 2. The molecule has 2 aliphatic rings. The molecule has 3 atom stereocenters. The smallest absolute Gasteiger partial charge is 0.119 e. The Morgan fingerprint density at radius 2 is 2.06 bits per heavy atom. The second-order valence-corrected chi connectivity index (χ2v) is 6.52. The summed E-state index contributed by atoms with van der Waals surface area (Å²) in [7, 11) is 0. The molecule has 3 unspecified atom stereocenters. The first kappa shape index (κ1) is 11.1. The SMILES string of the molecule is CC12CCC(C1)C(C)(C)C2(O)c1cnccn1. The highest BCUT2D eigenvalue weighted by molar-refractivity contribution is 5.26. The van der Waals surface area contributed by atoms with E-state index in [1.54, 1.807) is 18.6 Å². The number of hydrogen-bond acceptors (Lipinski definition) is 3. The van der Waals surface area contributed by atoms with E-state index >= 15 is 0 Å². The van der Waals surface area contributed by atoms with E-state index in [1.165, 1.54) is 6.42 Å². The third-order valence-corrected chi connectivity index (χ3v) is 5.50. The number of rotatable bonds is 1. The zero-order valence-electron chi connectivity index (χ0n) is 10.8. The zero-order valence-corrected chi connectivity index (χ0v) is 10.8. The van der Waals surface area contributed by atoms with Crippen LogP contribution in [-0.2, 0) is 5.60 Å². The van der Waals surface area contributed by atoms with Crippen molar-refractivity contribution < 1.29 is 5.11 Å². The molecule has 17 heavy (non-hydrogen) atoms. The summed E-state index contributed by atoms with van der Waals surface area (Å²) in [4.78, 5) is 8.51. The minimum Gasteiger partial charge on any atom is -0.382 e. The van der Waals surface area contributed by atoms with Crippen molar-refractivity contribution in [1.82, 2.24) is 9.97 Å². The Morgan fingerprint density at radius 1 is 1.29 bits per heavy atom. The molecule has 2 fully saturated rings. The number of aromatic nitrogens is 2. The zero-order chi connectivity index (χ0) is 12.3. The topological polar surface area (TPSA) is 46.0 Å².